The Kier molecular flexibility index (Phi) is 4.32. The molecule has 0 amide bonds. The van der Waals surface area contributed by atoms with Crippen LogP contribution >= 0.6 is 11.3 Å². The van der Waals surface area contributed by atoms with Crippen LogP contribution < -0.4 is 5.56 Å². The van der Waals surface area contributed by atoms with Crippen molar-refractivity contribution < 1.29 is 14.6 Å². The monoisotopic (exact) mass is 406 g/mol. The molecule has 0 radical (unpaired) electrons. The highest BCUT2D eigenvalue weighted by molar-refractivity contribution is 7.18. The predicted octanol–water partition coefficient (Wildman–Crippen LogP) is 4.08. The zero-order chi connectivity index (χ0) is 20.0. The summed E-state index contributed by atoms with van der Waals surface area (Å²) in [5.74, 6) is -0.480. The Labute approximate surface area is 169 Å². The molecule has 0 unspecified atom stereocenters. The first-order valence-electron chi connectivity index (χ1n) is 9.53. The summed E-state index contributed by atoms with van der Waals surface area (Å²) in [6.45, 7) is -0.168. The van der Waals surface area contributed by atoms with Gasteiger partial charge in [0.05, 0.1) is 5.39 Å². The Hall–Kier alpha value is -3.19. The summed E-state index contributed by atoms with van der Waals surface area (Å²) in [7, 11) is 0. The fraction of sp³-hybridized carbons (Fsp3) is 0.227. The van der Waals surface area contributed by atoms with Crippen LogP contribution in [-0.4, -0.2) is 21.0 Å². The molecule has 0 saturated carbocycles. The summed E-state index contributed by atoms with van der Waals surface area (Å²) in [5.41, 5.74) is 1.02. The average molecular weight is 406 g/mol. The van der Waals surface area contributed by atoms with Crippen molar-refractivity contribution in [1.82, 2.24) is 9.97 Å². The number of hydrogen-bond donors (Lipinski definition) is 2. The quantitative estimate of drug-likeness (QED) is 0.500. The third-order valence-corrected chi connectivity index (χ3v) is 6.52. The molecule has 29 heavy (non-hydrogen) atoms. The molecule has 0 atom stereocenters. The number of ether oxygens (including phenoxy) is 1. The van der Waals surface area contributed by atoms with E-state index in [1.54, 1.807) is 29.5 Å². The van der Waals surface area contributed by atoms with E-state index in [2.05, 4.69) is 9.97 Å². The Bertz CT molecular complexity index is 1320. The summed E-state index contributed by atoms with van der Waals surface area (Å²) in [6.07, 6.45) is 4.13. The summed E-state index contributed by atoms with van der Waals surface area (Å²) >= 11 is 1.55. The van der Waals surface area contributed by atoms with Gasteiger partial charge in [0.15, 0.2) is 0 Å². The van der Waals surface area contributed by atoms with Crippen molar-refractivity contribution in [3.8, 4) is 5.75 Å². The van der Waals surface area contributed by atoms with E-state index in [0.29, 0.717) is 21.4 Å². The number of thiophene rings is 1. The third kappa shape index (κ3) is 3.07. The predicted molar refractivity (Wildman–Crippen MR) is 112 cm³/mol. The number of aromatic nitrogens is 2. The van der Waals surface area contributed by atoms with E-state index in [4.69, 9.17) is 4.74 Å². The van der Waals surface area contributed by atoms with Gasteiger partial charge in [-0.2, -0.15) is 0 Å². The minimum atomic E-state index is -0.665. The number of aromatic hydroxyl groups is 1. The molecule has 2 aromatic heterocycles. The van der Waals surface area contributed by atoms with Gasteiger partial charge >= 0.3 is 5.97 Å². The number of aryl methyl sites for hydroxylation is 2. The van der Waals surface area contributed by atoms with Gasteiger partial charge in [0, 0.05) is 10.3 Å². The number of carbonyl (C=O) groups excluding carboxylic acids is 1. The summed E-state index contributed by atoms with van der Waals surface area (Å²) < 4.78 is 5.32. The summed E-state index contributed by atoms with van der Waals surface area (Å²) in [6, 6.07) is 10.5. The Morgan fingerprint density at radius 2 is 2.00 bits per heavy atom. The molecule has 1 aliphatic carbocycles. The molecule has 0 aliphatic heterocycles. The van der Waals surface area contributed by atoms with Gasteiger partial charge in [-0.05, 0) is 42.7 Å². The molecule has 2 heterocycles. The van der Waals surface area contributed by atoms with E-state index in [0.717, 1.165) is 36.6 Å². The number of H-pyrrole nitrogens is 1. The van der Waals surface area contributed by atoms with Crippen molar-refractivity contribution in [2.24, 2.45) is 0 Å². The van der Waals surface area contributed by atoms with Gasteiger partial charge in [-0.3, -0.25) is 4.79 Å². The number of phenols is 1. The number of carbonyl (C=O) groups is 1. The van der Waals surface area contributed by atoms with Crippen LogP contribution in [0.3, 0.4) is 0 Å². The number of aromatic amines is 1. The number of phenolic OH excluding ortho intramolecular Hbond substituents is 1. The fourth-order valence-electron chi connectivity index (χ4n) is 3.91. The Balaban J connectivity index is 1.41. The summed E-state index contributed by atoms with van der Waals surface area (Å²) in [4.78, 5) is 34.2. The number of hydrogen-bond acceptors (Lipinski definition) is 6. The molecule has 4 aromatic rings. The van der Waals surface area contributed by atoms with Crippen LogP contribution in [0.2, 0.25) is 0 Å². The van der Waals surface area contributed by atoms with Crippen LogP contribution in [-0.2, 0) is 24.2 Å². The van der Waals surface area contributed by atoms with E-state index in [-0.39, 0.29) is 23.5 Å². The van der Waals surface area contributed by atoms with Gasteiger partial charge in [0.25, 0.3) is 5.56 Å². The molecule has 1 aliphatic rings. The smallest absolute Gasteiger partial charge is 0.342 e. The van der Waals surface area contributed by atoms with E-state index in [9.17, 15) is 14.7 Å². The van der Waals surface area contributed by atoms with Gasteiger partial charge < -0.3 is 14.8 Å². The molecule has 0 fully saturated rings. The van der Waals surface area contributed by atoms with Crippen LogP contribution in [0.4, 0.5) is 0 Å². The van der Waals surface area contributed by atoms with Crippen LogP contribution in [0.15, 0.2) is 41.2 Å². The van der Waals surface area contributed by atoms with Crippen molar-refractivity contribution in [3.63, 3.8) is 0 Å². The lowest BCUT2D eigenvalue weighted by Gasteiger charge is -2.10. The maximum Gasteiger partial charge on any atom is 0.342 e. The van der Waals surface area contributed by atoms with E-state index in [1.165, 1.54) is 10.9 Å². The molecule has 2 aromatic carbocycles. The zero-order valence-electron chi connectivity index (χ0n) is 15.5. The van der Waals surface area contributed by atoms with Gasteiger partial charge in [-0.15, -0.1) is 11.3 Å². The lowest BCUT2D eigenvalue weighted by molar-refractivity contribution is 0.0459. The highest BCUT2D eigenvalue weighted by Gasteiger charge is 2.20. The minimum absolute atomic E-state index is 0.0821. The normalized spacial score (nSPS) is 13.5. The molecule has 146 valence electrons. The maximum atomic E-state index is 12.6. The molecule has 0 saturated heterocycles. The topological polar surface area (TPSA) is 92.3 Å². The number of esters is 1. The first kappa shape index (κ1) is 17.9. The third-order valence-electron chi connectivity index (χ3n) is 5.33. The minimum Gasteiger partial charge on any atom is -0.506 e. The largest absolute Gasteiger partial charge is 0.506 e. The second-order valence-corrected chi connectivity index (χ2v) is 8.25. The number of fused-ring (bicyclic) bond motifs is 4. The second-order valence-electron chi connectivity index (χ2n) is 7.16. The zero-order valence-corrected chi connectivity index (χ0v) is 16.3. The van der Waals surface area contributed by atoms with E-state index < -0.39 is 5.97 Å². The number of nitrogens with zero attached hydrogens (tertiary/aromatic N) is 1. The second kappa shape index (κ2) is 7.00. The first-order valence-corrected chi connectivity index (χ1v) is 10.3. The molecule has 0 spiro atoms. The highest BCUT2D eigenvalue weighted by atomic mass is 32.1. The fourth-order valence-corrected chi connectivity index (χ4v) is 5.19. The Morgan fingerprint density at radius 1 is 1.17 bits per heavy atom. The molecular formula is C22H18N2O4S. The van der Waals surface area contributed by atoms with Gasteiger partial charge in [0.1, 0.15) is 28.6 Å². The number of nitrogens with one attached hydrogen (secondary N) is 1. The standard InChI is InChI=1S/C22H18N2O4S/c25-19-13-6-2-1-5-12(13)9-10-15(19)22(27)28-11-17-23-20(26)18-14-7-3-4-8-16(14)29-21(18)24-17/h1-2,5-6,9-10,25H,3-4,7-8,11H2,(H,23,24,26). The molecule has 0 bridgehead atoms. The van der Waals surface area contributed by atoms with Crippen molar-refractivity contribution in [1.29, 1.82) is 0 Å². The van der Waals surface area contributed by atoms with Crippen molar-refractivity contribution >= 4 is 38.3 Å². The first-order chi connectivity index (χ1) is 14.1. The molecule has 6 nitrogen and oxygen atoms in total. The van der Waals surface area contributed by atoms with Crippen LogP contribution in [0.1, 0.15) is 39.5 Å². The summed E-state index contributed by atoms with van der Waals surface area (Å²) in [5, 5.41) is 12.5. The number of benzene rings is 2. The van der Waals surface area contributed by atoms with Gasteiger partial charge in [0.2, 0.25) is 0 Å². The Morgan fingerprint density at radius 3 is 2.90 bits per heavy atom. The molecule has 7 heteroatoms. The average Bonchev–Trinajstić information content (AvgIpc) is 3.11. The van der Waals surface area contributed by atoms with Gasteiger partial charge in [-0.1, -0.05) is 30.3 Å². The van der Waals surface area contributed by atoms with E-state index >= 15 is 0 Å². The van der Waals surface area contributed by atoms with Gasteiger partial charge in [-0.25, -0.2) is 9.78 Å². The molecule has 5 rings (SSSR count). The maximum absolute atomic E-state index is 12.6. The van der Waals surface area contributed by atoms with Crippen molar-refractivity contribution in [2.75, 3.05) is 0 Å². The highest BCUT2D eigenvalue weighted by Crippen LogP contribution is 2.33. The lowest BCUT2D eigenvalue weighted by Crippen LogP contribution is -2.15. The lowest BCUT2D eigenvalue weighted by atomic mass is 9.97. The molecule has 2 N–H and O–H groups in total. The van der Waals surface area contributed by atoms with Crippen LogP contribution in [0.5, 0.6) is 5.75 Å². The molecular weight excluding hydrogens is 388 g/mol. The van der Waals surface area contributed by atoms with Crippen molar-refractivity contribution in [3.05, 3.63) is 68.6 Å². The van der Waals surface area contributed by atoms with Crippen LogP contribution in [0.25, 0.3) is 21.0 Å². The van der Waals surface area contributed by atoms with Crippen LogP contribution in [0, 0.1) is 0 Å². The van der Waals surface area contributed by atoms with Crippen molar-refractivity contribution in [2.45, 2.75) is 32.3 Å². The van der Waals surface area contributed by atoms with E-state index in [1.807, 2.05) is 12.1 Å². The number of rotatable bonds is 3. The SMILES string of the molecule is O=C(OCc1nc2sc3c(c2c(=O)[nH]1)CCCC3)c1ccc2ccccc2c1O.